The summed E-state index contributed by atoms with van der Waals surface area (Å²) >= 11 is 0. The Morgan fingerprint density at radius 2 is 2.09 bits per heavy atom. The fourth-order valence-electron chi connectivity index (χ4n) is 1.85. The molecule has 1 aromatic heterocycles. The lowest BCUT2D eigenvalue weighted by atomic mass is 9.91. The average molecular weight is 329 g/mol. The van der Waals surface area contributed by atoms with Gasteiger partial charge >= 0.3 is 0 Å². The Morgan fingerprint density at radius 3 is 2.59 bits per heavy atom. The minimum absolute atomic E-state index is 0.0859. The van der Waals surface area contributed by atoms with Gasteiger partial charge in [0.2, 0.25) is 11.8 Å². The highest BCUT2D eigenvalue weighted by Crippen LogP contribution is 2.26. The van der Waals surface area contributed by atoms with E-state index in [0.717, 1.165) is 19.5 Å². The van der Waals surface area contributed by atoms with Crippen LogP contribution in [0.2, 0.25) is 0 Å². The second kappa shape index (κ2) is 6.10. The molecule has 2 heterocycles. The summed E-state index contributed by atoms with van der Waals surface area (Å²) in [6.07, 6.45) is 1.01. The lowest BCUT2D eigenvalue weighted by molar-refractivity contribution is -0.118. The lowest BCUT2D eigenvalue weighted by Gasteiger charge is -2.35. The monoisotopic (exact) mass is 329 g/mol. The normalized spacial score (nSPS) is 17.9. The van der Waals surface area contributed by atoms with Gasteiger partial charge in [-0.3, -0.25) is 10.1 Å². The predicted molar refractivity (Wildman–Crippen MR) is 83.7 cm³/mol. The molecule has 0 radical (unpaired) electrons. The predicted octanol–water partition coefficient (Wildman–Crippen LogP) is 1.03. The van der Waals surface area contributed by atoms with Gasteiger partial charge in [0.25, 0.3) is 0 Å². The molecule has 0 spiro atoms. The molecule has 1 fully saturated rings. The molecular formula is C14H23N3O4S. The van der Waals surface area contributed by atoms with Crippen LogP contribution in [0.25, 0.3) is 0 Å². The smallest absolute Gasteiger partial charge is 0.246 e. The number of carbonyl (C=O) groups is 1. The van der Waals surface area contributed by atoms with E-state index in [1.54, 1.807) is 24.2 Å². The maximum absolute atomic E-state index is 12.4. The maximum Gasteiger partial charge on any atom is 0.246 e. The summed E-state index contributed by atoms with van der Waals surface area (Å²) in [5.41, 5.74) is -0.00500. The number of nitrogens with one attached hydrogen (secondary N) is 1. The zero-order valence-corrected chi connectivity index (χ0v) is 14.2. The first-order valence-corrected chi connectivity index (χ1v) is 8.35. The number of rotatable bonds is 6. The molecule has 2 rings (SSSR count). The number of nitrogens with zero attached hydrogens (tertiary/aromatic N) is 2. The number of amides is 1. The van der Waals surface area contributed by atoms with Crippen molar-refractivity contribution in [3.63, 3.8) is 0 Å². The van der Waals surface area contributed by atoms with Gasteiger partial charge in [0, 0.05) is 24.6 Å². The first-order chi connectivity index (χ1) is 10.2. The van der Waals surface area contributed by atoms with Gasteiger partial charge in [-0.25, -0.2) is 8.51 Å². The molecule has 8 heteroatoms. The van der Waals surface area contributed by atoms with Crippen LogP contribution in [0.15, 0.2) is 10.6 Å². The second-order valence-corrected chi connectivity index (χ2v) is 8.65. The van der Waals surface area contributed by atoms with E-state index in [-0.39, 0.29) is 18.4 Å². The zero-order valence-electron chi connectivity index (χ0n) is 13.4. The highest BCUT2D eigenvalue weighted by atomic mass is 32.2. The van der Waals surface area contributed by atoms with Crippen LogP contribution >= 0.6 is 0 Å². The van der Waals surface area contributed by atoms with Crippen molar-refractivity contribution in [3.8, 4) is 0 Å². The van der Waals surface area contributed by atoms with Crippen molar-refractivity contribution < 1.29 is 18.6 Å². The van der Waals surface area contributed by atoms with Gasteiger partial charge in [-0.05, 0) is 20.3 Å². The van der Waals surface area contributed by atoms with E-state index < -0.39 is 21.1 Å². The molecule has 1 aromatic rings. The average Bonchev–Trinajstić information content (AvgIpc) is 2.85. The minimum atomic E-state index is -1.38. The summed E-state index contributed by atoms with van der Waals surface area (Å²) in [4.78, 5) is 12.4. The molecule has 1 amide bonds. The van der Waals surface area contributed by atoms with E-state index >= 15 is 0 Å². The Bertz CT molecular complexity index is 578. The highest BCUT2D eigenvalue weighted by Gasteiger charge is 2.40. The maximum atomic E-state index is 12.4. The number of anilines is 1. The van der Waals surface area contributed by atoms with Gasteiger partial charge in [0.15, 0.2) is 0 Å². The molecule has 2 N–H and O–H groups in total. The number of carbonyl (C=O) groups excluding carboxylic acids is 1. The molecule has 0 aromatic carbocycles. The Labute approximate surface area is 132 Å². The van der Waals surface area contributed by atoms with Crippen LogP contribution in [0.1, 0.15) is 39.8 Å². The van der Waals surface area contributed by atoms with E-state index in [1.165, 1.54) is 0 Å². The van der Waals surface area contributed by atoms with Crippen molar-refractivity contribution in [3.05, 3.63) is 11.8 Å². The molecule has 1 saturated heterocycles. The number of aliphatic hydroxyl groups excluding tert-OH is 1. The molecule has 22 heavy (non-hydrogen) atoms. The highest BCUT2D eigenvalue weighted by molar-refractivity contribution is 7.85. The fourth-order valence-corrected chi connectivity index (χ4v) is 3.30. The summed E-state index contributed by atoms with van der Waals surface area (Å²) in [5.74, 6) is -0.197. The quantitative estimate of drug-likeness (QED) is 0.813. The van der Waals surface area contributed by atoms with E-state index in [1.807, 2.05) is 13.8 Å². The van der Waals surface area contributed by atoms with E-state index in [2.05, 4.69) is 10.5 Å². The van der Waals surface area contributed by atoms with Crippen molar-refractivity contribution in [1.82, 2.24) is 9.46 Å². The third-order valence-corrected chi connectivity index (χ3v) is 5.76. The molecular weight excluding hydrogens is 306 g/mol. The Morgan fingerprint density at radius 1 is 1.45 bits per heavy atom. The summed E-state index contributed by atoms with van der Waals surface area (Å²) in [6, 6.07) is 1.58. The first-order valence-electron chi connectivity index (χ1n) is 7.25. The molecule has 7 nitrogen and oxygen atoms in total. The van der Waals surface area contributed by atoms with Crippen LogP contribution < -0.4 is 5.32 Å². The molecule has 124 valence electrons. The van der Waals surface area contributed by atoms with Crippen LogP contribution in [0.3, 0.4) is 0 Å². The summed E-state index contributed by atoms with van der Waals surface area (Å²) < 4.78 is 18.2. The third-order valence-electron chi connectivity index (χ3n) is 3.87. The number of aliphatic hydroxyl groups is 1. The number of hydrogen-bond donors (Lipinski definition) is 2. The lowest BCUT2D eigenvalue weighted by Crippen LogP contribution is -2.51. The van der Waals surface area contributed by atoms with E-state index in [9.17, 15) is 14.1 Å². The van der Waals surface area contributed by atoms with Gasteiger partial charge in [0.05, 0.1) is 12.3 Å². The summed E-state index contributed by atoms with van der Waals surface area (Å²) in [5, 5.41) is 15.8. The molecule has 1 aliphatic heterocycles. The largest absolute Gasteiger partial charge is 0.395 e. The van der Waals surface area contributed by atoms with E-state index in [0.29, 0.717) is 5.69 Å². The van der Waals surface area contributed by atoms with Crippen molar-refractivity contribution in [2.75, 3.05) is 25.0 Å². The second-order valence-electron chi connectivity index (χ2n) is 6.61. The van der Waals surface area contributed by atoms with Crippen LogP contribution in [0, 0.1) is 0 Å². The SMILES string of the molecule is CC(C)(CO)c1cc(NC(=O)C(C)(C)S(=O)N2CCC2)on1. The molecule has 0 saturated carbocycles. The third kappa shape index (κ3) is 3.23. The topological polar surface area (TPSA) is 95.7 Å². The van der Waals surface area contributed by atoms with Gasteiger partial charge < -0.3 is 9.63 Å². The van der Waals surface area contributed by atoms with Gasteiger partial charge in [-0.1, -0.05) is 19.0 Å². The number of aromatic nitrogens is 1. The first kappa shape index (κ1) is 17.1. The fraction of sp³-hybridized carbons (Fsp3) is 0.714. The van der Waals surface area contributed by atoms with Gasteiger partial charge in [-0.15, -0.1) is 0 Å². The van der Waals surface area contributed by atoms with Crippen LogP contribution in [0.5, 0.6) is 0 Å². The van der Waals surface area contributed by atoms with Gasteiger partial charge in [-0.2, -0.15) is 0 Å². The van der Waals surface area contributed by atoms with Crippen molar-refractivity contribution >= 4 is 22.8 Å². The van der Waals surface area contributed by atoms with Crippen molar-refractivity contribution in [1.29, 1.82) is 0 Å². The Balaban J connectivity index is 2.06. The molecule has 0 bridgehead atoms. The van der Waals surface area contributed by atoms with Crippen molar-refractivity contribution in [2.45, 2.75) is 44.3 Å². The summed E-state index contributed by atoms with van der Waals surface area (Å²) in [6.45, 7) is 8.34. The van der Waals surface area contributed by atoms with Crippen LogP contribution in [0.4, 0.5) is 5.88 Å². The number of hydrogen-bond acceptors (Lipinski definition) is 5. The zero-order chi connectivity index (χ0) is 16.5. The Kier molecular flexibility index (Phi) is 4.74. The van der Waals surface area contributed by atoms with Crippen LogP contribution in [-0.4, -0.2) is 49.1 Å². The minimum Gasteiger partial charge on any atom is -0.395 e. The van der Waals surface area contributed by atoms with Crippen molar-refractivity contribution in [2.24, 2.45) is 0 Å². The molecule has 1 unspecified atom stereocenters. The molecule has 1 aliphatic rings. The molecule has 1 atom stereocenters. The van der Waals surface area contributed by atoms with E-state index in [4.69, 9.17) is 4.52 Å². The molecule has 0 aliphatic carbocycles. The van der Waals surface area contributed by atoms with Crippen LogP contribution in [-0.2, 0) is 21.2 Å². The Hall–Kier alpha value is -1.25. The van der Waals surface area contributed by atoms with Gasteiger partial charge in [0.1, 0.15) is 15.7 Å². The summed E-state index contributed by atoms with van der Waals surface area (Å²) in [7, 11) is -1.38. The standard InChI is InChI=1S/C14H23N3O4S/c1-13(2,9-18)10-8-11(21-16-10)15-12(19)14(3,4)22(20)17-6-5-7-17/h8,18H,5-7,9H2,1-4H3,(H,15,19).